The fourth-order valence-corrected chi connectivity index (χ4v) is 3.42. The Labute approximate surface area is 147 Å². The van der Waals surface area contributed by atoms with Crippen molar-refractivity contribution in [1.29, 1.82) is 0 Å². The smallest absolute Gasteiger partial charge is 0.272 e. The number of fused-ring (bicyclic) bond motifs is 1. The first kappa shape index (κ1) is 17.2. The largest absolute Gasteiger partial charge is 0.377 e. The van der Waals surface area contributed by atoms with Gasteiger partial charge in [-0.2, -0.15) is 0 Å². The topological polar surface area (TPSA) is 79.5 Å². The molecule has 6 nitrogen and oxygen atoms in total. The molecule has 3 rings (SSSR count). The zero-order valence-electron chi connectivity index (χ0n) is 14.7. The van der Waals surface area contributed by atoms with Crippen molar-refractivity contribution < 1.29 is 9.59 Å². The Morgan fingerprint density at radius 2 is 1.92 bits per heavy atom. The first-order valence-corrected chi connectivity index (χ1v) is 8.60. The molecule has 0 bridgehead atoms. The van der Waals surface area contributed by atoms with Crippen molar-refractivity contribution in [3.8, 4) is 0 Å². The lowest BCUT2D eigenvalue weighted by molar-refractivity contribution is -0.119. The highest BCUT2D eigenvalue weighted by molar-refractivity contribution is 6.00. The Morgan fingerprint density at radius 3 is 2.56 bits per heavy atom. The lowest BCUT2D eigenvalue weighted by Crippen LogP contribution is -2.39. The summed E-state index contributed by atoms with van der Waals surface area (Å²) in [6.07, 6.45) is 2.02. The van der Waals surface area contributed by atoms with Crippen molar-refractivity contribution in [3.05, 3.63) is 36.0 Å². The number of hydrogen-bond donors (Lipinski definition) is 1. The Morgan fingerprint density at radius 1 is 1.24 bits per heavy atom. The van der Waals surface area contributed by atoms with E-state index in [1.54, 1.807) is 0 Å². The number of benzene rings is 1. The highest BCUT2D eigenvalue weighted by atomic mass is 16.2. The minimum absolute atomic E-state index is 0.0496. The van der Waals surface area contributed by atoms with Gasteiger partial charge in [0.25, 0.3) is 5.91 Å². The number of pyridine rings is 1. The summed E-state index contributed by atoms with van der Waals surface area (Å²) in [7, 11) is 3.93. The molecule has 1 saturated heterocycles. The Hall–Kier alpha value is -2.63. The number of likely N-dealkylation sites (tertiary alicyclic amines) is 1. The third kappa shape index (κ3) is 3.73. The number of nitrogens with zero attached hydrogens (tertiary/aromatic N) is 3. The summed E-state index contributed by atoms with van der Waals surface area (Å²) in [6.45, 7) is 1.28. The van der Waals surface area contributed by atoms with Crippen LogP contribution in [0.4, 0.5) is 5.69 Å². The van der Waals surface area contributed by atoms with E-state index in [4.69, 9.17) is 5.73 Å². The highest BCUT2D eigenvalue weighted by Gasteiger charge is 2.26. The van der Waals surface area contributed by atoms with Crippen LogP contribution in [-0.2, 0) is 4.79 Å². The van der Waals surface area contributed by atoms with Crippen LogP contribution in [-0.4, -0.2) is 48.9 Å². The molecule has 1 aliphatic heterocycles. The van der Waals surface area contributed by atoms with Crippen LogP contribution in [0.15, 0.2) is 30.3 Å². The predicted octanol–water partition coefficient (Wildman–Crippen LogP) is 2.03. The number of primary amides is 1. The molecule has 1 aromatic heterocycles. The monoisotopic (exact) mass is 340 g/mol. The van der Waals surface area contributed by atoms with Crippen molar-refractivity contribution >= 4 is 28.4 Å². The predicted molar refractivity (Wildman–Crippen MR) is 98.5 cm³/mol. The van der Waals surface area contributed by atoms with Crippen molar-refractivity contribution in [1.82, 2.24) is 9.88 Å². The van der Waals surface area contributed by atoms with Gasteiger partial charge in [0.2, 0.25) is 5.91 Å². The van der Waals surface area contributed by atoms with Crippen LogP contribution >= 0.6 is 0 Å². The van der Waals surface area contributed by atoms with E-state index < -0.39 is 0 Å². The molecule has 2 aromatic rings. The molecule has 2 heterocycles. The average molecular weight is 340 g/mol. The van der Waals surface area contributed by atoms with Crippen LogP contribution in [0.25, 0.3) is 10.9 Å². The summed E-state index contributed by atoms with van der Waals surface area (Å²) in [5.41, 5.74) is 7.54. The lowest BCUT2D eigenvalue weighted by atomic mass is 9.93. The second-order valence-electron chi connectivity index (χ2n) is 6.84. The summed E-state index contributed by atoms with van der Waals surface area (Å²) in [5, 5.41) is 1.03. The summed E-state index contributed by atoms with van der Waals surface area (Å²) in [4.78, 5) is 32.4. The van der Waals surface area contributed by atoms with E-state index >= 15 is 0 Å². The second kappa shape index (κ2) is 7.09. The van der Waals surface area contributed by atoms with E-state index in [9.17, 15) is 9.59 Å². The average Bonchev–Trinajstić information content (AvgIpc) is 2.60. The van der Waals surface area contributed by atoms with Gasteiger partial charge < -0.3 is 15.5 Å². The standard InChI is InChI=1S/C19H24N4O2/c1-22(2)17-12-16(21-15-6-4-3-5-14(15)17)19(25)23-9-7-13(8-10-23)11-18(20)24/h3-6,12-13H,7-11H2,1-2H3,(H2,20,24). The Kier molecular flexibility index (Phi) is 4.88. The van der Waals surface area contributed by atoms with Crippen LogP contribution in [0, 0.1) is 5.92 Å². The molecule has 25 heavy (non-hydrogen) atoms. The number of hydrogen-bond acceptors (Lipinski definition) is 4. The van der Waals surface area contributed by atoms with Gasteiger partial charge in [0.05, 0.1) is 5.52 Å². The second-order valence-corrected chi connectivity index (χ2v) is 6.84. The molecule has 0 radical (unpaired) electrons. The fraction of sp³-hybridized carbons (Fsp3) is 0.421. The zero-order valence-corrected chi connectivity index (χ0v) is 14.7. The number of rotatable bonds is 4. The summed E-state index contributed by atoms with van der Waals surface area (Å²) in [5.74, 6) is -0.0357. The summed E-state index contributed by atoms with van der Waals surface area (Å²) in [6, 6.07) is 9.71. The maximum Gasteiger partial charge on any atom is 0.272 e. The number of anilines is 1. The molecule has 0 unspecified atom stereocenters. The van der Waals surface area contributed by atoms with E-state index in [-0.39, 0.29) is 17.7 Å². The van der Waals surface area contributed by atoms with Gasteiger partial charge in [0, 0.05) is 44.7 Å². The zero-order chi connectivity index (χ0) is 18.0. The van der Waals surface area contributed by atoms with Gasteiger partial charge in [-0.05, 0) is 30.9 Å². The molecule has 0 atom stereocenters. The molecule has 2 amide bonds. The highest BCUT2D eigenvalue weighted by Crippen LogP contribution is 2.27. The molecule has 1 aromatic carbocycles. The molecule has 0 aliphatic carbocycles. The number of carbonyl (C=O) groups excluding carboxylic acids is 2. The van der Waals surface area contributed by atoms with E-state index in [2.05, 4.69) is 4.98 Å². The number of piperidine rings is 1. The van der Waals surface area contributed by atoms with E-state index in [1.807, 2.05) is 54.2 Å². The molecule has 1 fully saturated rings. The maximum atomic E-state index is 12.9. The maximum absolute atomic E-state index is 12.9. The van der Waals surface area contributed by atoms with Gasteiger partial charge in [0.15, 0.2) is 0 Å². The third-order valence-corrected chi connectivity index (χ3v) is 4.79. The van der Waals surface area contributed by atoms with Crippen LogP contribution in [0.2, 0.25) is 0 Å². The van der Waals surface area contributed by atoms with Gasteiger partial charge in [-0.15, -0.1) is 0 Å². The first-order chi connectivity index (χ1) is 12.0. The SMILES string of the molecule is CN(C)c1cc(C(=O)N2CCC(CC(N)=O)CC2)nc2ccccc12. The third-order valence-electron chi connectivity index (χ3n) is 4.79. The van der Waals surface area contributed by atoms with Crippen LogP contribution in [0.5, 0.6) is 0 Å². The molecule has 2 N–H and O–H groups in total. The summed E-state index contributed by atoms with van der Waals surface area (Å²) >= 11 is 0. The van der Waals surface area contributed by atoms with Crippen LogP contribution in [0.3, 0.4) is 0 Å². The van der Waals surface area contributed by atoms with E-state index in [1.165, 1.54) is 0 Å². The Bertz CT molecular complexity index is 795. The fourth-order valence-electron chi connectivity index (χ4n) is 3.42. The normalized spacial score (nSPS) is 15.4. The van der Waals surface area contributed by atoms with Crippen LogP contribution < -0.4 is 10.6 Å². The van der Waals surface area contributed by atoms with Crippen molar-refractivity contribution in [2.45, 2.75) is 19.3 Å². The summed E-state index contributed by atoms with van der Waals surface area (Å²) < 4.78 is 0. The van der Waals surface area contributed by atoms with Crippen LogP contribution in [0.1, 0.15) is 29.8 Å². The molecular weight excluding hydrogens is 316 g/mol. The number of para-hydroxylation sites is 1. The number of nitrogens with two attached hydrogens (primary N) is 1. The van der Waals surface area contributed by atoms with Crippen molar-refractivity contribution in [2.75, 3.05) is 32.1 Å². The minimum Gasteiger partial charge on any atom is -0.377 e. The first-order valence-electron chi connectivity index (χ1n) is 8.60. The lowest BCUT2D eigenvalue weighted by Gasteiger charge is -2.31. The van der Waals surface area contributed by atoms with Gasteiger partial charge in [0.1, 0.15) is 5.69 Å². The number of carbonyl (C=O) groups is 2. The van der Waals surface area contributed by atoms with E-state index in [0.29, 0.717) is 25.2 Å². The van der Waals surface area contributed by atoms with Gasteiger partial charge in [-0.1, -0.05) is 18.2 Å². The molecule has 0 spiro atoms. The van der Waals surface area contributed by atoms with Gasteiger partial charge >= 0.3 is 0 Å². The molecule has 132 valence electrons. The molecule has 0 saturated carbocycles. The molecular formula is C19H24N4O2. The van der Waals surface area contributed by atoms with E-state index in [0.717, 1.165) is 29.4 Å². The molecule has 1 aliphatic rings. The Balaban J connectivity index is 1.82. The molecule has 6 heteroatoms. The van der Waals surface area contributed by atoms with Crippen molar-refractivity contribution in [3.63, 3.8) is 0 Å². The quantitative estimate of drug-likeness (QED) is 0.923. The van der Waals surface area contributed by atoms with Crippen molar-refractivity contribution in [2.24, 2.45) is 11.7 Å². The number of amides is 2. The number of aromatic nitrogens is 1. The minimum atomic E-state index is -0.267. The van der Waals surface area contributed by atoms with Gasteiger partial charge in [-0.3, -0.25) is 9.59 Å². The van der Waals surface area contributed by atoms with Gasteiger partial charge in [-0.25, -0.2) is 4.98 Å².